The van der Waals surface area contributed by atoms with Crippen LogP contribution in [0.1, 0.15) is 41.5 Å². The van der Waals surface area contributed by atoms with Crippen molar-refractivity contribution in [3.8, 4) is 28.5 Å². The van der Waals surface area contributed by atoms with Crippen molar-refractivity contribution < 1.29 is 14.2 Å². The molecule has 0 radical (unpaired) electrons. The highest BCUT2D eigenvalue weighted by atomic mass is 127. The van der Waals surface area contributed by atoms with Gasteiger partial charge in [0.1, 0.15) is 14.9 Å². The number of hydrogen-bond donors (Lipinski definition) is 0. The molecule has 0 fully saturated rings. The van der Waals surface area contributed by atoms with E-state index in [1.165, 1.54) is 0 Å². The van der Waals surface area contributed by atoms with E-state index in [-0.39, 0.29) is 0 Å². The minimum atomic E-state index is -1.92. The number of ether oxygens (including phenoxy) is 3. The third-order valence-electron chi connectivity index (χ3n) is 6.60. The molecule has 32 heavy (non-hydrogen) atoms. The second-order valence-electron chi connectivity index (χ2n) is 9.02. The fourth-order valence-electron chi connectivity index (χ4n) is 5.47. The predicted molar refractivity (Wildman–Crippen MR) is 142 cm³/mol. The summed E-state index contributed by atoms with van der Waals surface area (Å²) in [5.41, 5.74) is 5.31. The molecule has 174 valence electrons. The van der Waals surface area contributed by atoms with Gasteiger partial charge in [0.15, 0.2) is 25.4 Å². The highest BCUT2D eigenvalue weighted by Crippen LogP contribution is 2.45. The van der Waals surface area contributed by atoms with Gasteiger partial charge in [-0.15, -0.1) is 0 Å². The van der Waals surface area contributed by atoms with Gasteiger partial charge in [0, 0.05) is 5.56 Å². The maximum Gasteiger partial charge on any atom is 0.203 e. The van der Waals surface area contributed by atoms with Crippen LogP contribution in [0.3, 0.4) is 0 Å². The van der Waals surface area contributed by atoms with Gasteiger partial charge in [0.25, 0.3) is 0 Å². The second kappa shape index (κ2) is 9.58. The Morgan fingerprint density at radius 3 is 1.81 bits per heavy atom. The number of fused-ring (bicyclic) bond motifs is 1. The molecule has 2 heterocycles. The van der Waals surface area contributed by atoms with Gasteiger partial charge in [-0.2, -0.15) is 0 Å². The van der Waals surface area contributed by atoms with Crippen LogP contribution in [0.5, 0.6) is 17.2 Å². The molecular weight excluding hydrogens is 533 g/mol. The van der Waals surface area contributed by atoms with Crippen molar-refractivity contribution in [2.45, 2.75) is 58.2 Å². The second-order valence-corrected chi connectivity index (χ2v) is 15.8. The quantitative estimate of drug-likeness (QED) is 0.223. The number of halogens is 1. The Morgan fingerprint density at radius 1 is 0.844 bits per heavy atom. The number of rotatable bonds is 8. The van der Waals surface area contributed by atoms with Gasteiger partial charge in [0.05, 0.1) is 21.3 Å². The molecule has 0 N–H and O–H groups in total. The molecule has 0 aliphatic carbocycles. The Labute approximate surface area is 205 Å². The van der Waals surface area contributed by atoms with E-state index in [0.717, 1.165) is 26.1 Å². The zero-order chi connectivity index (χ0) is 23.8. The van der Waals surface area contributed by atoms with Gasteiger partial charge in [-0.3, -0.25) is 0 Å². The van der Waals surface area contributed by atoms with Gasteiger partial charge in [-0.25, -0.2) is 9.97 Å². The third-order valence-corrected chi connectivity index (χ3v) is 14.1. The van der Waals surface area contributed by atoms with E-state index >= 15 is 0 Å². The van der Waals surface area contributed by atoms with Crippen molar-refractivity contribution in [3.05, 3.63) is 28.1 Å². The van der Waals surface area contributed by atoms with Crippen LogP contribution < -0.4 is 14.2 Å². The summed E-state index contributed by atoms with van der Waals surface area (Å²) in [5, 5.41) is 0. The van der Waals surface area contributed by atoms with Crippen LogP contribution in [-0.4, -0.2) is 43.8 Å². The van der Waals surface area contributed by atoms with Gasteiger partial charge in [-0.1, -0.05) is 41.5 Å². The molecular formula is C24H34IN3O3Si. The SMILES string of the molecule is COc1cc(-c2nc3ccn([Si](C(C)C)(C(C)C)C(C)C)c3nc2I)cc(OC)c1OC. The largest absolute Gasteiger partial charge is 0.493 e. The molecule has 0 unspecified atom stereocenters. The summed E-state index contributed by atoms with van der Waals surface area (Å²) in [4.78, 5) is 10.1. The average Bonchev–Trinajstić information content (AvgIpc) is 3.14. The summed E-state index contributed by atoms with van der Waals surface area (Å²) < 4.78 is 19.9. The Morgan fingerprint density at radius 2 is 1.38 bits per heavy atom. The lowest BCUT2D eigenvalue weighted by molar-refractivity contribution is 0.324. The average molecular weight is 568 g/mol. The zero-order valence-corrected chi connectivity index (χ0v) is 23.6. The highest BCUT2D eigenvalue weighted by Gasteiger charge is 2.46. The number of aromatic nitrogens is 3. The standard InChI is InChI=1S/C24H34IN3O3Si/c1-14(2)32(15(3)4,16(5)6)28-11-10-18-24(28)27-23(25)21(26-18)17-12-19(29-7)22(31-9)20(13-17)30-8/h10-16H,1-9H3. The molecule has 6 nitrogen and oxygen atoms in total. The van der Waals surface area contributed by atoms with E-state index in [2.05, 4.69) is 80.6 Å². The van der Waals surface area contributed by atoms with Crippen molar-refractivity contribution in [1.82, 2.24) is 14.2 Å². The normalized spacial score (nSPS) is 12.3. The molecule has 0 saturated carbocycles. The maximum atomic E-state index is 5.54. The molecule has 3 aromatic rings. The molecule has 2 aromatic heterocycles. The van der Waals surface area contributed by atoms with Crippen LogP contribution in [-0.2, 0) is 0 Å². The first-order valence-electron chi connectivity index (χ1n) is 11.0. The summed E-state index contributed by atoms with van der Waals surface area (Å²) in [7, 11) is 2.92. The van der Waals surface area contributed by atoms with Gasteiger partial charge >= 0.3 is 0 Å². The lowest BCUT2D eigenvalue weighted by Crippen LogP contribution is -2.51. The van der Waals surface area contributed by atoms with E-state index < -0.39 is 8.24 Å². The third kappa shape index (κ3) is 3.89. The molecule has 0 amide bonds. The smallest absolute Gasteiger partial charge is 0.203 e. The van der Waals surface area contributed by atoms with Crippen molar-refractivity contribution in [3.63, 3.8) is 0 Å². The molecule has 3 rings (SSSR count). The van der Waals surface area contributed by atoms with E-state index in [1.807, 2.05) is 12.1 Å². The summed E-state index contributed by atoms with van der Waals surface area (Å²) in [6.07, 6.45) is 2.21. The number of hydrogen-bond acceptors (Lipinski definition) is 5. The summed E-state index contributed by atoms with van der Waals surface area (Å²) in [6, 6.07) is 5.95. The van der Waals surface area contributed by atoms with Crippen molar-refractivity contribution in [1.29, 1.82) is 0 Å². The Hall–Kier alpha value is -1.81. The van der Waals surface area contributed by atoms with Crippen LogP contribution in [0.25, 0.3) is 22.4 Å². The van der Waals surface area contributed by atoms with Crippen molar-refractivity contribution in [2.24, 2.45) is 0 Å². The molecule has 0 aliphatic rings. The Bertz CT molecular complexity index is 1060. The first kappa shape index (κ1) is 24.8. The van der Waals surface area contributed by atoms with Crippen LogP contribution in [0.2, 0.25) is 16.6 Å². The predicted octanol–water partition coefficient (Wildman–Crippen LogP) is 6.75. The minimum Gasteiger partial charge on any atom is -0.493 e. The van der Waals surface area contributed by atoms with Gasteiger partial charge < -0.3 is 18.4 Å². The Kier molecular flexibility index (Phi) is 7.43. The Balaban J connectivity index is 2.25. The van der Waals surface area contributed by atoms with Crippen LogP contribution in [0, 0.1) is 3.70 Å². The lowest BCUT2D eigenvalue weighted by Gasteiger charge is -2.44. The first-order chi connectivity index (χ1) is 15.1. The highest BCUT2D eigenvalue weighted by molar-refractivity contribution is 14.1. The van der Waals surface area contributed by atoms with Crippen molar-refractivity contribution in [2.75, 3.05) is 21.3 Å². The molecule has 1 aromatic carbocycles. The summed E-state index contributed by atoms with van der Waals surface area (Å²) >= 11 is 2.29. The lowest BCUT2D eigenvalue weighted by atomic mass is 10.1. The molecule has 0 bridgehead atoms. The maximum absolute atomic E-state index is 5.54. The van der Waals surface area contributed by atoms with Crippen LogP contribution in [0.15, 0.2) is 24.4 Å². The number of methoxy groups -OCH3 is 3. The van der Waals surface area contributed by atoms with Crippen molar-refractivity contribution >= 4 is 42.0 Å². The van der Waals surface area contributed by atoms with E-state index in [1.54, 1.807) is 21.3 Å². The molecule has 0 saturated heterocycles. The summed E-state index contributed by atoms with van der Waals surface area (Å²) in [5.74, 6) is 1.77. The molecule has 0 atom stereocenters. The van der Waals surface area contributed by atoms with Gasteiger partial charge in [-0.05, 0) is 63.6 Å². The monoisotopic (exact) mass is 567 g/mol. The topological polar surface area (TPSA) is 58.4 Å². The van der Waals surface area contributed by atoms with E-state index in [9.17, 15) is 0 Å². The molecule has 0 spiro atoms. The van der Waals surface area contributed by atoms with E-state index in [4.69, 9.17) is 24.2 Å². The fourth-order valence-corrected chi connectivity index (χ4v) is 12.7. The van der Waals surface area contributed by atoms with Crippen LogP contribution >= 0.6 is 22.6 Å². The first-order valence-corrected chi connectivity index (χ1v) is 14.2. The van der Waals surface area contributed by atoms with Gasteiger partial charge in [0.2, 0.25) is 5.75 Å². The minimum absolute atomic E-state index is 0.565. The summed E-state index contributed by atoms with van der Waals surface area (Å²) in [6.45, 7) is 14.2. The van der Waals surface area contributed by atoms with E-state index in [0.29, 0.717) is 33.9 Å². The fraction of sp³-hybridized carbons (Fsp3) is 0.500. The molecule has 0 aliphatic heterocycles. The molecule has 8 heteroatoms. The number of benzene rings is 1. The van der Waals surface area contributed by atoms with Crippen LogP contribution in [0.4, 0.5) is 0 Å². The number of nitrogens with zero attached hydrogens (tertiary/aromatic N) is 3. The zero-order valence-electron chi connectivity index (χ0n) is 20.5.